The zero-order valence-electron chi connectivity index (χ0n) is 18.3. The Morgan fingerprint density at radius 3 is 2.61 bits per heavy atom. The third kappa shape index (κ3) is 5.18. The number of hydrogen-bond acceptors (Lipinski definition) is 7. The molecule has 3 heterocycles. The van der Waals surface area contributed by atoms with Gasteiger partial charge in [0.1, 0.15) is 11.5 Å². The van der Waals surface area contributed by atoms with Crippen molar-refractivity contribution in [3.63, 3.8) is 0 Å². The van der Waals surface area contributed by atoms with Crippen LogP contribution in [0.4, 0.5) is 0 Å². The summed E-state index contributed by atoms with van der Waals surface area (Å²) in [7, 11) is 3.17. The van der Waals surface area contributed by atoms with Crippen LogP contribution in [0.2, 0.25) is 0 Å². The van der Waals surface area contributed by atoms with Gasteiger partial charge in [0, 0.05) is 44.7 Å². The third-order valence-corrected chi connectivity index (χ3v) is 6.37. The monoisotopic (exact) mass is 429 g/mol. The zero-order chi connectivity index (χ0) is 21.6. The van der Waals surface area contributed by atoms with Gasteiger partial charge in [0.25, 0.3) is 5.91 Å². The molecule has 0 saturated carbocycles. The molecule has 0 spiro atoms. The van der Waals surface area contributed by atoms with Gasteiger partial charge in [-0.15, -0.1) is 0 Å². The molecule has 2 aliphatic heterocycles. The molecular weight excluding hydrogens is 398 g/mol. The van der Waals surface area contributed by atoms with Crippen molar-refractivity contribution in [1.82, 2.24) is 15.0 Å². The van der Waals surface area contributed by atoms with E-state index in [4.69, 9.17) is 18.7 Å². The van der Waals surface area contributed by atoms with Crippen molar-refractivity contribution in [2.75, 3.05) is 40.5 Å². The van der Waals surface area contributed by atoms with E-state index in [1.807, 2.05) is 4.90 Å². The van der Waals surface area contributed by atoms with E-state index >= 15 is 0 Å². The number of aromatic nitrogens is 2. The van der Waals surface area contributed by atoms with Gasteiger partial charge in [-0.1, -0.05) is 5.16 Å². The molecule has 8 heteroatoms. The van der Waals surface area contributed by atoms with E-state index in [1.54, 1.807) is 32.4 Å². The fourth-order valence-electron chi connectivity index (χ4n) is 4.38. The molecule has 1 aromatic heterocycles. The average Bonchev–Trinajstić information content (AvgIpc) is 3.32. The first-order chi connectivity index (χ1) is 15.2. The van der Waals surface area contributed by atoms with E-state index in [0.29, 0.717) is 28.9 Å². The second kappa shape index (κ2) is 10.1. The van der Waals surface area contributed by atoms with Crippen LogP contribution >= 0.6 is 0 Å². The summed E-state index contributed by atoms with van der Waals surface area (Å²) in [5.74, 6) is 3.68. The fourth-order valence-corrected chi connectivity index (χ4v) is 4.38. The van der Waals surface area contributed by atoms with E-state index in [-0.39, 0.29) is 5.91 Å². The quantitative estimate of drug-likeness (QED) is 0.666. The summed E-state index contributed by atoms with van der Waals surface area (Å²) in [5.41, 5.74) is 0.578. The molecule has 2 fully saturated rings. The van der Waals surface area contributed by atoms with E-state index in [1.165, 1.54) is 0 Å². The van der Waals surface area contributed by atoms with Crippen molar-refractivity contribution < 1.29 is 23.5 Å². The number of piperidine rings is 1. The van der Waals surface area contributed by atoms with Crippen LogP contribution in [0.5, 0.6) is 11.5 Å². The fraction of sp³-hybridized carbons (Fsp3) is 0.609. The number of carbonyl (C=O) groups is 1. The number of amides is 1. The molecule has 168 valence electrons. The molecule has 2 saturated heterocycles. The van der Waals surface area contributed by atoms with E-state index in [2.05, 4.69) is 10.1 Å². The first-order valence-electron chi connectivity index (χ1n) is 11.1. The maximum absolute atomic E-state index is 13.0. The molecule has 4 rings (SSSR count). The van der Waals surface area contributed by atoms with Crippen molar-refractivity contribution in [1.29, 1.82) is 0 Å². The Balaban J connectivity index is 1.26. The predicted octanol–water partition coefficient (Wildman–Crippen LogP) is 3.47. The zero-order valence-corrected chi connectivity index (χ0v) is 18.3. The Kier molecular flexibility index (Phi) is 7.06. The number of hydrogen-bond donors (Lipinski definition) is 0. The number of aryl methyl sites for hydroxylation is 1. The van der Waals surface area contributed by atoms with Gasteiger partial charge in [0.05, 0.1) is 19.8 Å². The lowest BCUT2D eigenvalue weighted by Crippen LogP contribution is -2.38. The van der Waals surface area contributed by atoms with Crippen molar-refractivity contribution in [2.24, 2.45) is 5.92 Å². The van der Waals surface area contributed by atoms with E-state index in [9.17, 15) is 4.79 Å². The maximum Gasteiger partial charge on any atom is 0.257 e. The average molecular weight is 430 g/mol. The Labute approximate surface area is 182 Å². The molecular formula is C23H31N3O5. The van der Waals surface area contributed by atoms with Gasteiger partial charge >= 0.3 is 0 Å². The van der Waals surface area contributed by atoms with Crippen LogP contribution < -0.4 is 9.47 Å². The van der Waals surface area contributed by atoms with E-state index in [0.717, 1.165) is 76.5 Å². The minimum atomic E-state index is 0.0113. The van der Waals surface area contributed by atoms with Crippen LogP contribution in [-0.4, -0.2) is 61.5 Å². The molecule has 8 nitrogen and oxygen atoms in total. The summed E-state index contributed by atoms with van der Waals surface area (Å²) >= 11 is 0. The Morgan fingerprint density at radius 2 is 1.90 bits per heavy atom. The van der Waals surface area contributed by atoms with Crippen molar-refractivity contribution in [3.05, 3.63) is 35.5 Å². The molecule has 0 N–H and O–H groups in total. The summed E-state index contributed by atoms with van der Waals surface area (Å²) < 4.78 is 21.5. The molecule has 2 aromatic rings. The molecule has 31 heavy (non-hydrogen) atoms. The van der Waals surface area contributed by atoms with Gasteiger partial charge in [-0.25, -0.2) is 0 Å². The van der Waals surface area contributed by atoms with Crippen molar-refractivity contribution >= 4 is 5.91 Å². The van der Waals surface area contributed by atoms with Crippen LogP contribution in [-0.2, 0) is 11.2 Å². The van der Waals surface area contributed by atoms with Crippen LogP contribution in [0.25, 0.3) is 0 Å². The van der Waals surface area contributed by atoms with Gasteiger partial charge in [-0.05, 0) is 50.2 Å². The van der Waals surface area contributed by atoms with Crippen molar-refractivity contribution in [3.8, 4) is 11.5 Å². The second-order valence-electron chi connectivity index (χ2n) is 8.28. The summed E-state index contributed by atoms with van der Waals surface area (Å²) in [6, 6.07) is 5.32. The number of nitrogens with zero attached hydrogens (tertiary/aromatic N) is 3. The lowest BCUT2D eigenvalue weighted by atomic mass is 9.91. The highest BCUT2D eigenvalue weighted by Crippen LogP contribution is 2.29. The highest BCUT2D eigenvalue weighted by Gasteiger charge is 2.26. The molecule has 0 bridgehead atoms. The highest BCUT2D eigenvalue weighted by molar-refractivity contribution is 5.97. The molecule has 2 aliphatic rings. The predicted molar refractivity (Wildman–Crippen MR) is 114 cm³/mol. The van der Waals surface area contributed by atoms with Gasteiger partial charge < -0.3 is 23.6 Å². The van der Waals surface area contributed by atoms with Crippen LogP contribution in [0.1, 0.15) is 60.1 Å². The molecule has 0 unspecified atom stereocenters. The number of methoxy groups -OCH3 is 2. The van der Waals surface area contributed by atoms with Gasteiger partial charge in [-0.3, -0.25) is 4.79 Å². The lowest BCUT2D eigenvalue weighted by molar-refractivity contribution is 0.0683. The minimum absolute atomic E-state index is 0.0113. The first-order valence-corrected chi connectivity index (χ1v) is 11.1. The number of rotatable bonds is 7. The summed E-state index contributed by atoms with van der Waals surface area (Å²) in [6.45, 7) is 3.03. The van der Waals surface area contributed by atoms with Crippen molar-refractivity contribution in [2.45, 2.75) is 44.4 Å². The second-order valence-corrected chi connectivity index (χ2v) is 8.28. The molecule has 0 radical (unpaired) electrons. The Morgan fingerprint density at radius 1 is 1.13 bits per heavy atom. The standard InChI is InChI=1S/C23H31N3O5/c1-28-18-4-5-19(20(15-18)29-2)23(27)26-11-7-16(8-12-26)3-6-21-24-22(31-25-21)17-9-13-30-14-10-17/h4-5,15-17H,3,6-14H2,1-2H3. The van der Waals surface area contributed by atoms with E-state index < -0.39 is 0 Å². The Bertz CT molecular complexity index is 870. The molecule has 1 aromatic carbocycles. The topological polar surface area (TPSA) is 86.9 Å². The van der Waals surface area contributed by atoms with Crippen LogP contribution in [0.3, 0.4) is 0 Å². The number of likely N-dealkylation sites (tertiary alicyclic amines) is 1. The summed E-state index contributed by atoms with van der Waals surface area (Å²) in [5, 5.41) is 4.18. The molecule has 1 amide bonds. The number of benzene rings is 1. The smallest absolute Gasteiger partial charge is 0.257 e. The van der Waals surface area contributed by atoms with Gasteiger partial charge in [-0.2, -0.15) is 4.98 Å². The molecule has 0 atom stereocenters. The minimum Gasteiger partial charge on any atom is -0.497 e. The maximum atomic E-state index is 13.0. The lowest BCUT2D eigenvalue weighted by Gasteiger charge is -2.32. The van der Waals surface area contributed by atoms with Gasteiger partial charge in [0.15, 0.2) is 5.82 Å². The summed E-state index contributed by atoms with van der Waals surface area (Å²) in [6.07, 6.45) is 5.70. The normalized spacial score (nSPS) is 18.2. The first kappa shape index (κ1) is 21.6. The SMILES string of the molecule is COc1ccc(C(=O)N2CCC(CCc3noc(C4CCOCC4)n3)CC2)c(OC)c1. The largest absolute Gasteiger partial charge is 0.497 e. The van der Waals surface area contributed by atoms with Crippen LogP contribution in [0, 0.1) is 5.92 Å². The number of ether oxygens (including phenoxy) is 3. The number of carbonyl (C=O) groups excluding carboxylic acids is 1. The Hall–Kier alpha value is -2.61. The van der Waals surface area contributed by atoms with Gasteiger partial charge in [0.2, 0.25) is 5.89 Å². The third-order valence-electron chi connectivity index (χ3n) is 6.37. The summed E-state index contributed by atoms with van der Waals surface area (Å²) in [4.78, 5) is 19.5. The molecule has 0 aliphatic carbocycles. The van der Waals surface area contributed by atoms with Crippen LogP contribution in [0.15, 0.2) is 22.7 Å². The highest BCUT2D eigenvalue weighted by atomic mass is 16.5.